The second-order valence-corrected chi connectivity index (χ2v) is 8.59. The number of alkyl carbamates (subject to hydrolysis) is 1. The van der Waals surface area contributed by atoms with Gasteiger partial charge in [0.2, 0.25) is 5.91 Å². The third kappa shape index (κ3) is 4.48. The number of cyclic esters (lactones) is 1. The summed E-state index contributed by atoms with van der Waals surface area (Å²) < 4.78 is 42.7. The van der Waals surface area contributed by atoms with Crippen LogP contribution in [0.5, 0.6) is 0 Å². The van der Waals surface area contributed by atoms with Crippen LogP contribution in [0.2, 0.25) is 0 Å². The number of likely N-dealkylation sites (tertiary alicyclic amines) is 1. The van der Waals surface area contributed by atoms with E-state index in [2.05, 4.69) is 10.3 Å². The van der Waals surface area contributed by atoms with Crippen molar-refractivity contribution in [3.05, 3.63) is 29.6 Å². The standard InChI is InChI=1S/C20H24F3N3O3/c21-20(22,23)16-3-1-14(9-24-16)7-13-5-6-19(8-13)11-26(12-19)17(27)4-2-15-10-29-18(28)25-15/h1,3,9,13,15H,2,4-8,10-12H2,(H,25,28)/t13?,15-/m1/s1. The number of ether oxygens (including phenoxy) is 1. The molecule has 3 aliphatic rings. The Hall–Kier alpha value is -2.32. The number of halogens is 3. The summed E-state index contributed by atoms with van der Waals surface area (Å²) in [5, 5.41) is 2.67. The van der Waals surface area contributed by atoms with Crippen LogP contribution in [-0.4, -0.2) is 47.6 Å². The molecular weight excluding hydrogens is 387 g/mol. The topological polar surface area (TPSA) is 71.5 Å². The van der Waals surface area contributed by atoms with Gasteiger partial charge in [-0.15, -0.1) is 0 Å². The first-order valence-electron chi connectivity index (χ1n) is 9.96. The molecule has 158 valence electrons. The average Bonchev–Trinajstić information content (AvgIpc) is 3.24. The van der Waals surface area contributed by atoms with Crippen molar-refractivity contribution in [2.75, 3.05) is 19.7 Å². The predicted molar refractivity (Wildman–Crippen MR) is 96.8 cm³/mol. The molecule has 3 heterocycles. The molecule has 1 spiro atoms. The maximum absolute atomic E-state index is 12.6. The lowest BCUT2D eigenvalue weighted by Gasteiger charge is -2.48. The molecule has 2 amide bonds. The summed E-state index contributed by atoms with van der Waals surface area (Å²) in [6.07, 6.45) is 1.25. The Bertz CT molecular complexity index is 775. The first kappa shape index (κ1) is 20.0. The number of alkyl halides is 3. The molecule has 2 aliphatic heterocycles. The Labute approximate surface area is 166 Å². The number of hydrogen-bond donors (Lipinski definition) is 1. The largest absolute Gasteiger partial charge is 0.447 e. The van der Waals surface area contributed by atoms with Crippen molar-refractivity contribution in [3.8, 4) is 0 Å². The van der Waals surface area contributed by atoms with Gasteiger partial charge in [0, 0.05) is 31.1 Å². The summed E-state index contributed by atoms with van der Waals surface area (Å²) in [5.41, 5.74) is 0.124. The number of rotatable bonds is 5. The normalized spacial score (nSPS) is 25.6. The summed E-state index contributed by atoms with van der Waals surface area (Å²) >= 11 is 0. The van der Waals surface area contributed by atoms with Crippen molar-refractivity contribution in [1.29, 1.82) is 0 Å². The summed E-state index contributed by atoms with van der Waals surface area (Å²) in [6.45, 7) is 1.82. The number of carbonyl (C=O) groups excluding carboxylic acids is 2. The summed E-state index contributed by atoms with van der Waals surface area (Å²) in [5.74, 6) is 0.517. The minimum atomic E-state index is -4.41. The third-order valence-electron chi connectivity index (χ3n) is 6.29. The molecule has 0 bridgehead atoms. The molecule has 4 rings (SSSR count). The van der Waals surface area contributed by atoms with Crippen molar-refractivity contribution in [1.82, 2.24) is 15.2 Å². The number of aromatic nitrogens is 1. The first-order chi connectivity index (χ1) is 13.7. The van der Waals surface area contributed by atoms with E-state index in [1.165, 1.54) is 12.3 Å². The van der Waals surface area contributed by atoms with E-state index in [9.17, 15) is 22.8 Å². The van der Waals surface area contributed by atoms with Gasteiger partial charge in [0.15, 0.2) is 0 Å². The van der Waals surface area contributed by atoms with Gasteiger partial charge in [0.1, 0.15) is 12.3 Å². The second kappa shape index (κ2) is 7.50. The molecule has 0 radical (unpaired) electrons. The van der Waals surface area contributed by atoms with Gasteiger partial charge in [-0.1, -0.05) is 6.07 Å². The van der Waals surface area contributed by atoms with Gasteiger partial charge in [-0.3, -0.25) is 9.78 Å². The van der Waals surface area contributed by atoms with Gasteiger partial charge in [0.25, 0.3) is 0 Å². The number of nitrogens with zero attached hydrogens (tertiary/aromatic N) is 2. The van der Waals surface area contributed by atoms with Crippen molar-refractivity contribution < 1.29 is 27.5 Å². The van der Waals surface area contributed by atoms with Crippen LogP contribution in [-0.2, 0) is 22.1 Å². The summed E-state index contributed by atoms with van der Waals surface area (Å²) in [6, 6.07) is 2.47. The van der Waals surface area contributed by atoms with Gasteiger partial charge in [-0.2, -0.15) is 13.2 Å². The van der Waals surface area contributed by atoms with Crippen LogP contribution in [0.25, 0.3) is 0 Å². The Morgan fingerprint density at radius 3 is 2.76 bits per heavy atom. The van der Waals surface area contributed by atoms with Crippen LogP contribution in [0, 0.1) is 11.3 Å². The molecular formula is C20H24F3N3O3. The zero-order valence-electron chi connectivity index (χ0n) is 16.0. The fourth-order valence-electron chi connectivity index (χ4n) is 4.81. The van der Waals surface area contributed by atoms with Gasteiger partial charge >= 0.3 is 12.3 Å². The molecule has 1 unspecified atom stereocenters. The van der Waals surface area contributed by atoms with E-state index >= 15 is 0 Å². The molecule has 1 N–H and O–H groups in total. The van der Waals surface area contributed by atoms with Gasteiger partial charge in [-0.25, -0.2) is 4.79 Å². The predicted octanol–water partition coefficient (Wildman–Crippen LogP) is 3.16. The number of pyridine rings is 1. The summed E-state index contributed by atoms with van der Waals surface area (Å²) in [7, 11) is 0. The Morgan fingerprint density at radius 1 is 1.34 bits per heavy atom. The second-order valence-electron chi connectivity index (χ2n) is 8.59. The van der Waals surface area contributed by atoms with E-state index in [4.69, 9.17) is 4.74 Å². The summed E-state index contributed by atoms with van der Waals surface area (Å²) in [4.78, 5) is 28.8. The zero-order chi connectivity index (χ0) is 20.6. The highest BCUT2D eigenvalue weighted by atomic mass is 19.4. The number of carbonyl (C=O) groups is 2. The number of nitrogens with one attached hydrogen (secondary N) is 1. The number of amides is 2. The van der Waals surface area contributed by atoms with Gasteiger partial charge in [-0.05, 0) is 49.7 Å². The zero-order valence-corrected chi connectivity index (χ0v) is 16.0. The van der Waals surface area contributed by atoms with Crippen LogP contribution in [0.4, 0.5) is 18.0 Å². The van der Waals surface area contributed by atoms with Gasteiger partial charge in [0.05, 0.1) is 6.04 Å². The van der Waals surface area contributed by atoms with Crippen LogP contribution in [0.1, 0.15) is 43.4 Å². The highest BCUT2D eigenvalue weighted by Gasteiger charge is 2.49. The van der Waals surface area contributed by atoms with Crippen LogP contribution >= 0.6 is 0 Å². The maximum Gasteiger partial charge on any atom is 0.433 e. The fraction of sp³-hybridized carbons (Fsp3) is 0.650. The van der Waals surface area contributed by atoms with Crippen molar-refractivity contribution in [2.45, 2.75) is 50.7 Å². The van der Waals surface area contributed by atoms with Crippen molar-refractivity contribution in [2.24, 2.45) is 11.3 Å². The Balaban J connectivity index is 1.21. The lowest BCUT2D eigenvalue weighted by atomic mass is 9.77. The van der Waals surface area contributed by atoms with Crippen LogP contribution < -0.4 is 5.32 Å². The molecule has 2 atom stereocenters. The molecule has 1 saturated carbocycles. The molecule has 0 aromatic carbocycles. The minimum Gasteiger partial charge on any atom is -0.447 e. The molecule has 3 fully saturated rings. The Morgan fingerprint density at radius 2 is 2.14 bits per heavy atom. The molecule has 9 heteroatoms. The van der Waals surface area contributed by atoms with E-state index < -0.39 is 18.0 Å². The number of hydrogen-bond acceptors (Lipinski definition) is 4. The highest BCUT2D eigenvalue weighted by molar-refractivity contribution is 5.77. The lowest BCUT2D eigenvalue weighted by Crippen LogP contribution is -2.57. The monoisotopic (exact) mass is 411 g/mol. The third-order valence-corrected chi connectivity index (χ3v) is 6.29. The van der Waals surface area contributed by atoms with E-state index in [0.717, 1.165) is 50.4 Å². The lowest BCUT2D eigenvalue weighted by molar-refractivity contribution is -0.143. The average molecular weight is 411 g/mol. The molecule has 6 nitrogen and oxygen atoms in total. The SMILES string of the molecule is O=C1N[C@H](CCC(=O)N2CC3(CCC(Cc4ccc(C(F)(F)F)nc4)C3)C2)CO1. The smallest absolute Gasteiger partial charge is 0.433 e. The highest BCUT2D eigenvalue weighted by Crippen LogP contribution is 2.49. The van der Waals surface area contributed by atoms with E-state index in [1.54, 1.807) is 0 Å². The molecule has 1 aromatic rings. The first-order valence-corrected chi connectivity index (χ1v) is 9.96. The van der Waals surface area contributed by atoms with Crippen molar-refractivity contribution in [3.63, 3.8) is 0 Å². The quantitative estimate of drug-likeness (QED) is 0.808. The van der Waals surface area contributed by atoms with Crippen LogP contribution in [0.3, 0.4) is 0 Å². The fourth-order valence-corrected chi connectivity index (χ4v) is 4.81. The Kier molecular flexibility index (Phi) is 5.16. The van der Waals surface area contributed by atoms with Crippen LogP contribution in [0.15, 0.2) is 18.3 Å². The molecule has 29 heavy (non-hydrogen) atoms. The van der Waals surface area contributed by atoms with Crippen molar-refractivity contribution >= 4 is 12.0 Å². The van der Waals surface area contributed by atoms with E-state index in [0.29, 0.717) is 25.4 Å². The molecule has 2 saturated heterocycles. The van der Waals surface area contributed by atoms with E-state index in [-0.39, 0.29) is 17.4 Å². The minimum absolute atomic E-state index is 0.0881. The maximum atomic E-state index is 12.6. The van der Waals surface area contributed by atoms with Gasteiger partial charge < -0.3 is 15.0 Å². The molecule has 1 aromatic heterocycles. The molecule has 1 aliphatic carbocycles. The van der Waals surface area contributed by atoms with E-state index in [1.807, 2.05) is 4.90 Å².